The van der Waals surface area contributed by atoms with E-state index in [-0.39, 0.29) is 5.91 Å². The molecule has 2 unspecified atom stereocenters. The number of hydrogen-bond acceptors (Lipinski definition) is 1. The minimum absolute atomic E-state index is 0.231. The summed E-state index contributed by atoms with van der Waals surface area (Å²) in [6, 6.07) is 0.379. The summed E-state index contributed by atoms with van der Waals surface area (Å²) in [5.41, 5.74) is 0. The number of unbranched alkanes of at least 4 members (excludes halogenated alkanes) is 2. The number of carbonyl (C=O) groups is 1. The molecule has 0 aromatic rings. The van der Waals surface area contributed by atoms with Crippen LogP contribution in [0.5, 0.6) is 0 Å². The van der Waals surface area contributed by atoms with Crippen LogP contribution in [0.1, 0.15) is 51.9 Å². The van der Waals surface area contributed by atoms with E-state index in [0.29, 0.717) is 17.3 Å². The van der Waals surface area contributed by atoms with E-state index >= 15 is 0 Å². The number of nitrogens with one attached hydrogen (secondary N) is 1. The summed E-state index contributed by atoms with van der Waals surface area (Å²) >= 11 is 3.60. The Labute approximate surface area is 95.0 Å². The Morgan fingerprint density at radius 2 is 2.21 bits per heavy atom. The molecule has 1 saturated carbocycles. The predicted molar refractivity (Wildman–Crippen MR) is 62.6 cm³/mol. The van der Waals surface area contributed by atoms with E-state index in [9.17, 15) is 4.79 Å². The van der Waals surface area contributed by atoms with Crippen LogP contribution in [0, 0.1) is 0 Å². The fourth-order valence-electron chi connectivity index (χ4n) is 1.89. The highest BCUT2D eigenvalue weighted by Gasteiger charge is 2.25. The van der Waals surface area contributed by atoms with Gasteiger partial charge in [0.25, 0.3) is 0 Å². The van der Waals surface area contributed by atoms with Gasteiger partial charge in [0.1, 0.15) is 0 Å². The third-order valence-corrected chi connectivity index (χ3v) is 3.88. The van der Waals surface area contributed by atoms with Gasteiger partial charge in [-0.1, -0.05) is 42.1 Å². The molecular weight excluding hydrogens is 242 g/mol. The average Bonchev–Trinajstić information content (AvgIpc) is 2.52. The molecule has 3 heteroatoms. The van der Waals surface area contributed by atoms with E-state index in [4.69, 9.17) is 0 Å². The molecule has 1 fully saturated rings. The lowest BCUT2D eigenvalue weighted by atomic mass is 10.2. The van der Waals surface area contributed by atoms with Crippen LogP contribution in [0.4, 0.5) is 0 Å². The second-order valence-electron chi connectivity index (χ2n) is 4.08. The summed E-state index contributed by atoms with van der Waals surface area (Å²) < 4.78 is 0. The number of hydrogen-bond donors (Lipinski definition) is 1. The van der Waals surface area contributed by atoms with E-state index < -0.39 is 0 Å². The summed E-state index contributed by atoms with van der Waals surface area (Å²) in [6.07, 6.45) is 7.63. The minimum atomic E-state index is 0.231. The molecule has 1 rings (SSSR count). The van der Waals surface area contributed by atoms with Crippen molar-refractivity contribution in [3.63, 3.8) is 0 Å². The molecule has 82 valence electrons. The quantitative estimate of drug-likeness (QED) is 0.599. The van der Waals surface area contributed by atoms with Crippen molar-refractivity contribution in [1.82, 2.24) is 5.32 Å². The zero-order chi connectivity index (χ0) is 10.4. The molecule has 0 bridgehead atoms. The van der Waals surface area contributed by atoms with Crippen molar-refractivity contribution in [2.75, 3.05) is 0 Å². The molecule has 1 aliphatic rings. The molecule has 1 amide bonds. The first-order chi connectivity index (χ1) is 6.74. The molecular formula is C11H20BrNO. The van der Waals surface area contributed by atoms with Crippen molar-refractivity contribution in [2.24, 2.45) is 0 Å². The molecule has 2 atom stereocenters. The Hall–Kier alpha value is -0.0500. The second kappa shape index (κ2) is 6.44. The van der Waals surface area contributed by atoms with Gasteiger partial charge in [0, 0.05) is 17.3 Å². The van der Waals surface area contributed by atoms with Crippen LogP contribution >= 0.6 is 15.9 Å². The standard InChI is InChI=1S/C11H20BrNO/c1-2-3-4-8-11(14)13-10-7-5-6-9(10)12/h9-10H,2-8H2,1H3,(H,13,14). The molecule has 1 N–H and O–H groups in total. The molecule has 2 nitrogen and oxygen atoms in total. The van der Waals surface area contributed by atoms with Crippen molar-refractivity contribution >= 4 is 21.8 Å². The number of carbonyl (C=O) groups excluding carboxylic acids is 1. The summed E-state index contributed by atoms with van der Waals surface area (Å²) in [5.74, 6) is 0.231. The lowest BCUT2D eigenvalue weighted by Gasteiger charge is -2.15. The summed E-state index contributed by atoms with van der Waals surface area (Å²) in [6.45, 7) is 2.16. The van der Waals surface area contributed by atoms with Crippen molar-refractivity contribution in [1.29, 1.82) is 0 Å². The number of amides is 1. The number of halogens is 1. The van der Waals surface area contributed by atoms with Crippen LogP contribution in [0.3, 0.4) is 0 Å². The Balaban J connectivity index is 2.13. The first-order valence-corrected chi connectivity index (χ1v) is 6.59. The topological polar surface area (TPSA) is 29.1 Å². The normalized spacial score (nSPS) is 26.4. The maximum absolute atomic E-state index is 11.5. The zero-order valence-electron chi connectivity index (χ0n) is 8.89. The van der Waals surface area contributed by atoms with Crippen LogP contribution in [0.25, 0.3) is 0 Å². The predicted octanol–water partition coefficient (Wildman–Crippen LogP) is 3.00. The van der Waals surface area contributed by atoms with Crippen LogP contribution in [0.15, 0.2) is 0 Å². The lowest BCUT2D eigenvalue weighted by molar-refractivity contribution is -0.121. The minimum Gasteiger partial charge on any atom is -0.352 e. The van der Waals surface area contributed by atoms with Crippen molar-refractivity contribution in [3.8, 4) is 0 Å². The molecule has 0 radical (unpaired) electrons. The van der Waals surface area contributed by atoms with Gasteiger partial charge in [-0.05, 0) is 19.3 Å². The van der Waals surface area contributed by atoms with E-state index in [2.05, 4.69) is 28.2 Å². The molecule has 14 heavy (non-hydrogen) atoms. The average molecular weight is 262 g/mol. The summed E-state index contributed by atoms with van der Waals surface area (Å²) in [4.78, 5) is 12.0. The highest BCUT2D eigenvalue weighted by molar-refractivity contribution is 9.09. The van der Waals surface area contributed by atoms with E-state index in [1.54, 1.807) is 0 Å². The number of alkyl halides is 1. The van der Waals surface area contributed by atoms with Gasteiger partial charge in [0.05, 0.1) is 0 Å². The smallest absolute Gasteiger partial charge is 0.220 e. The van der Waals surface area contributed by atoms with E-state index in [1.807, 2.05) is 0 Å². The Morgan fingerprint density at radius 1 is 1.43 bits per heavy atom. The highest BCUT2D eigenvalue weighted by Crippen LogP contribution is 2.25. The highest BCUT2D eigenvalue weighted by atomic mass is 79.9. The van der Waals surface area contributed by atoms with Gasteiger partial charge in [-0.2, -0.15) is 0 Å². The summed E-state index contributed by atoms with van der Waals surface area (Å²) in [5, 5.41) is 3.10. The second-order valence-corrected chi connectivity index (χ2v) is 5.25. The van der Waals surface area contributed by atoms with Crippen molar-refractivity contribution < 1.29 is 4.79 Å². The van der Waals surface area contributed by atoms with Crippen LogP contribution in [-0.2, 0) is 4.79 Å². The maximum Gasteiger partial charge on any atom is 0.220 e. The fraction of sp³-hybridized carbons (Fsp3) is 0.909. The molecule has 0 aromatic carbocycles. The monoisotopic (exact) mass is 261 g/mol. The first kappa shape index (κ1) is 12.0. The Morgan fingerprint density at radius 3 is 2.79 bits per heavy atom. The molecule has 0 saturated heterocycles. The summed E-state index contributed by atoms with van der Waals surface area (Å²) in [7, 11) is 0. The van der Waals surface area contributed by atoms with Gasteiger partial charge in [-0.3, -0.25) is 4.79 Å². The number of rotatable bonds is 5. The largest absolute Gasteiger partial charge is 0.352 e. The Bertz CT molecular complexity index is 184. The zero-order valence-corrected chi connectivity index (χ0v) is 10.5. The van der Waals surface area contributed by atoms with Gasteiger partial charge in [-0.25, -0.2) is 0 Å². The van der Waals surface area contributed by atoms with Crippen molar-refractivity contribution in [3.05, 3.63) is 0 Å². The van der Waals surface area contributed by atoms with E-state index in [1.165, 1.54) is 19.3 Å². The van der Waals surface area contributed by atoms with Gasteiger partial charge < -0.3 is 5.32 Å². The lowest BCUT2D eigenvalue weighted by Crippen LogP contribution is -2.37. The van der Waals surface area contributed by atoms with E-state index in [0.717, 1.165) is 19.3 Å². The van der Waals surface area contributed by atoms with Crippen LogP contribution in [0.2, 0.25) is 0 Å². The molecule has 1 aliphatic carbocycles. The third kappa shape index (κ3) is 3.99. The van der Waals surface area contributed by atoms with Gasteiger partial charge in [0.15, 0.2) is 0 Å². The maximum atomic E-state index is 11.5. The first-order valence-electron chi connectivity index (χ1n) is 5.67. The fourth-order valence-corrected chi connectivity index (χ4v) is 2.61. The molecule has 0 spiro atoms. The van der Waals surface area contributed by atoms with Gasteiger partial charge >= 0.3 is 0 Å². The van der Waals surface area contributed by atoms with Gasteiger partial charge in [-0.15, -0.1) is 0 Å². The van der Waals surface area contributed by atoms with Crippen molar-refractivity contribution in [2.45, 2.75) is 62.7 Å². The Kier molecular flexibility index (Phi) is 5.53. The SMILES string of the molecule is CCCCCC(=O)NC1CCCC1Br. The van der Waals surface area contributed by atoms with Crippen LogP contribution < -0.4 is 5.32 Å². The van der Waals surface area contributed by atoms with Crippen LogP contribution in [-0.4, -0.2) is 16.8 Å². The van der Waals surface area contributed by atoms with Gasteiger partial charge in [0.2, 0.25) is 5.91 Å². The molecule has 0 heterocycles. The molecule has 0 aliphatic heterocycles. The molecule has 0 aromatic heterocycles. The third-order valence-electron chi connectivity index (χ3n) is 2.79.